The number of anilines is 2. The number of nitrogens with zero attached hydrogens (tertiary/aromatic N) is 2. The molecule has 0 saturated carbocycles. The minimum Gasteiger partial charge on any atom is -0.298 e. The molecule has 2 N–H and O–H groups in total. The van der Waals surface area contributed by atoms with Gasteiger partial charge in [-0.3, -0.25) is 19.8 Å². The van der Waals surface area contributed by atoms with Crippen molar-refractivity contribution in [1.29, 1.82) is 0 Å². The van der Waals surface area contributed by atoms with Crippen LogP contribution < -0.4 is 10.0 Å². The molecule has 0 radical (unpaired) electrons. The molecule has 0 fully saturated rings. The molecule has 4 rings (SSSR count). The number of sulfonamides is 1. The van der Waals surface area contributed by atoms with Gasteiger partial charge in [0.2, 0.25) is 0 Å². The number of rotatable bonds is 6. The summed E-state index contributed by atoms with van der Waals surface area (Å²) >= 11 is 1.32. The standard InChI is InChI=1S/C22H18N4O3S2/c1-15-2-8-19(9-3-15)31(28,29)26-18-6-4-17(5-7-18)21(27)25-22-24-20(14-30-22)16-10-12-23-13-11-16/h2-14,26H,1H3,(H,24,25,27). The highest BCUT2D eigenvalue weighted by atomic mass is 32.2. The van der Waals surface area contributed by atoms with E-state index in [4.69, 9.17) is 0 Å². The van der Waals surface area contributed by atoms with Gasteiger partial charge in [0, 0.05) is 34.6 Å². The maximum atomic E-state index is 12.5. The zero-order chi connectivity index (χ0) is 21.8. The molecule has 2 aromatic carbocycles. The van der Waals surface area contributed by atoms with E-state index < -0.39 is 10.0 Å². The molecule has 2 aromatic heterocycles. The molecule has 0 saturated heterocycles. The van der Waals surface area contributed by atoms with Crippen LogP contribution in [0.15, 0.2) is 83.3 Å². The Morgan fingerprint density at radius 1 is 0.935 bits per heavy atom. The summed E-state index contributed by atoms with van der Waals surface area (Å²) in [6.07, 6.45) is 3.36. The lowest BCUT2D eigenvalue weighted by Crippen LogP contribution is -2.14. The Morgan fingerprint density at radius 3 is 2.29 bits per heavy atom. The molecule has 0 aliphatic heterocycles. The molecule has 0 aliphatic carbocycles. The van der Waals surface area contributed by atoms with Crippen LogP contribution in [0, 0.1) is 6.92 Å². The highest BCUT2D eigenvalue weighted by molar-refractivity contribution is 7.92. The van der Waals surface area contributed by atoms with Gasteiger partial charge in [-0.2, -0.15) is 0 Å². The van der Waals surface area contributed by atoms with E-state index in [-0.39, 0.29) is 10.8 Å². The first-order valence-corrected chi connectivity index (χ1v) is 11.6. The van der Waals surface area contributed by atoms with E-state index in [0.717, 1.165) is 16.8 Å². The van der Waals surface area contributed by atoms with Gasteiger partial charge in [-0.1, -0.05) is 17.7 Å². The Labute approximate surface area is 183 Å². The minimum absolute atomic E-state index is 0.175. The van der Waals surface area contributed by atoms with Crippen molar-refractivity contribution in [2.45, 2.75) is 11.8 Å². The minimum atomic E-state index is -3.70. The smallest absolute Gasteiger partial charge is 0.261 e. The number of thiazole rings is 1. The number of nitrogens with one attached hydrogen (secondary N) is 2. The van der Waals surface area contributed by atoms with Gasteiger partial charge in [-0.05, 0) is 55.5 Å². The molecule has 2 heterocycles. The van der Waals surface area contributed by atoms with E-state index in [0.29, 0.717) is 16.4 Å². The number of hydrogen-bond acceptors (Lipinski definition) is 6. The Bertz CT molecular complexity index is 1300. The second kappa shape index (κ2) is 8.66. The van der Waals surface area contributed by atoms with Crippen LogP contribution in [0.4, 0.5) is 10.8 Å². The second-order valence-corrected chi connectivity index (χ2v) is 9.26. The average molecular weight is 451 g/mol. The third-order valence-corrected chi connectivity index (χ3v) is 6.59. The predicted octanol–water partition coefficient (Wildman–Crippen LogP) is 4.57. The molecule has 0 atom stereocenters. The molecule has 0 unspecified atom stereocenters. The predicted molar refractivity (Wildman–Crippen MR) is 122 cm³/mol. The summed E-state index contributed by atoms with van der Waals surface area (Å²) in [5, 5.41) is 5.09. The van der Waals surface area contributed by atoms with E-state index in [9.17, 15) is 13.2 Å². The van der Waals surface area contributed by atoms with Crippen LogP contribution >= 0.6 is 11.3 Å². The fourth-order valence-electron chi connectivity index (χ4n) is 2.78. The van der Waals surface area contributed by atoms with Gasteiger partial charge in [-0.25, -0.2) is 13.4 Å². The lowest BCUT2D eigenvalue weighted by atomic mass is 10.2. The third kappa shape index (κ3) is 4.96. The van der Waals surface area contributed by atoms with Crippen molar-refractivity contribution in [3.63, 3.8) is 0 Å². The van der Waals surface area contributed by atoms with E-state index in [1.807, 2.05) is 24.4 Å². The van der Waals surface area contributed by atoms with Crippen LogP contribution in [-0.4, -0.2) is 24.3 Å². The number of aryl methyl sites for hydroxylation is 1. The van der Waals surface area contributed by atoms with Crippen LogP contribution in [0.1, 0.15) is 15.9 Å². The van der Waals surface area contributed by atoms with Gasteiger partial charge < -0.3 is 0 Å². The Kier molecular flexibility index (Phi) is 5.79. The molecule has 0 bridgehead atoms. The van der Waals surface area contributed by atoms with E-state index in [1.54, 1.807) is 60.9 Å². The van der Waals surface area contributed by atoms with Crippen LogP contribution in [0.3, 0.4) is 0 Å². The van der Waals surface area contributed by atoms with Gasteiger partial charge in [0.1, 0.15) is 0 Å². The fourth-order valence-corrected chi connectivity index (χ4v) is 4.55. The number of hydrogen-bond donors (Lipinski definition) is 2. The van der Waals surface area contributed by atoms with Crippen molar-refractivity contribution in [3.05, 3.63) is 89.6 Å². The zero-order valence-electron chi connectivity index (χ0n) is 16.4. The summed E-state index contributed by atoms with van der Waals surface area (Å²) in [6, 6.07) is 16.5. The Balaban J connectivity index is 1.43. The second-order valence-electron chi connectivity index (χ2n) is 6.72. The number of aromatic nitrogens is 2. The molecule has 7 nitrogen and oxygen atoms in total. The van der Waals surface area contributed by atoms with E-state index in [2.05, 4.69) is 20.0 Å². The number of carbonyl (C=O) groups is 1. The van der Waals surface area contributed by atoms with Gasteiger partial charge in [0.05, 0.1) is 10.6 Å². The van der Waals surface area contributed by atoms with Crippen molar-refractivity contribution in [1.82, 2.24) is 9.97 Å². The van der Waals surface area contributed by atoms with Crippen molar-refractivity contribution in [2.24, 2.45) is 0 Å². The van der Waals surface area contributed by atoms with E-state index in [1.165, 1.54) is 11.3 Å². The molecular weight excluding hydrogens is 432 g/mol. The lowest BCUT2D eigenvalue weighted by molar-refractivity contribution is 0.102. The van der Waals surface area contributed by atoms with Gasteiger partial charge in [0.15, 0.2) is 5.13 Å². The summed E-state index contributed by atoms with van der Waals surface area (Å²) in [5.74, 6) is -0.330. The van der Waals surface area contributed by atoms with Crippen molar-refractivity contribution in [2.75, 3.05) is 10.0 Å². The maximum absolute atomic E-state index is 12.5. The summed E-state index contributed by atoms with van der Waals surface area (Å²) < 4.78 is 27.5. The third-order valence-electron chi connectivity index (χ3n) is 4.43. The molecule has 1 amide bonds. The first kappa shape index (κ1) is 20.7. The molecule has 0 aliphatic rings. The largest absolute Gasteiger partial charge is 0.298 e. The highest BCUT2D eigenvalue weighted by Crippen LogP contribution is 2.25. The Hall–Kier alpha value is -3.56. The normalized spacial score (nSPS) is 11.1. The van der Waals surface area contributed by atoms with Crippen molar-refractivity contribution >= 4 is 38.1 Å². The first-order valence-electron chi connectivity index (χ1n) is 9.27. The topological polar surface area (TPSA) is 101 Å². The van der Waals surface area contributed by atoms with Gasteiger partial charge in [0.25, 0.3) is 15.9 Å². The number of carbonyl (C=O) groups excluding carboxylic acids is 1. The SMILES string of the molecule is Cc1ccc(S(=O)(=O)Nc2ccc(C(=O)Nc3nc(-c4ccncc4)cs3)cc2)cc1. The molecule has 0 spiro atoms. The highest BCUT2D eigenvalue weighted by Gasteiger charge is 2.15. The monoisotopic (exact) mass is 450 g/mol. The van der Waals surface area contributed by atoms with Crippen molar-refractivity contribution in [3.8, 4) is 11.3 Å². The summed E-state index contributed by atoms with van der Waals surface area (Å²) in [4.78, 5) is 21.1. The average Bonchev–Trinajstić information content (AvgIpc) is 3.23. The summed E-state index contributed by atoms with van der Waals surface area (Å²) in [5.41, 5.74) is 3.40. The molecule has 4 aromatic rings. The molecular formula is C22H18N4O3S2. The summed E-state index contributed by atoms with van der Waals surface area (Å²) in [6.45, 7) is 1.89. The summed E-state index contributed by atoms with van der Waals surface area (Å²) in [7, 11) is -3.70. The molecule has 156 valence electrons. The number of benzene rings is 2. The van der Waals surface area contributed by atoms with Crippen LogP contribution in [-0.2, 0) is 10.0 Å². The lowest BCUT2D eigenvalue weighted by Gasteiger charge is -2.09. The number of pyridine rings is 1. The molecule has 31 heavy (non-hydrogen) atoms. The Morgan fingerprint density at radius 2 is 1.61 bits per heavy atom. The van der Waals surface area contributed by atoms with Crippen LogP contribution in [0.25, 0.3) is 11.3 Å². The van der Waals surface area contributed by atoms with Gasteiger partial charge >= 0.3 is 0 Å². The fraction of sp³-hybridized carbons (Fsp3) is 0.0455. The number of amides is 1. The molecule has 9 heteroatoms. The quantitative estimate of drug-likeness (QED) is 0.448. The van der Waals surface area contributed by atoms with Crippen LogP contribution in [0.2, 0.25) is 0 Å². The van der Waals surface area contributed by atoms with Crippen molar-refractivity contribution < 1.29 is 13.2 Å². The maximum Gasteiger partial charge on any atom is 0.261 e. The van der Waals surface area contributed by atoms with Crippen LogP contribution in [0.5, 0.6) is 0 Å². The van der Waals surface area contributed by atoms with E-state index >= 15 is 0 Å². The van der Waals surface area contributed by atoms with Gasteiger partial charge in [-0.15, -0.1) is 11.3 Å². The zero-order valence-corrected chi connectivity index (χ0v) is 18.1. The first-order chi connectivity index (χ1) is 14.9.